The first-order valence-electron chi connectivity index (χ1n) is 7.17. The Balaban J connectivity index is 2.16. The van der Waals surface area contributed by atoms with E-state index in [2.05, 4.69) is 10.4 Å². The summed E-state index contributed by atoms with van der Waals surface area (Å²) in [4.78, 5) is 12.1. The number of nitrogens with one attached hydrogen (secondary N) is 1. The summed E-state index contributed by atoms with van der Waals surface area (Å²) in [7, 11) is 1.42. The van der Waals surface area contributed by atoms with Crippen LogP contribution in [-0.4, -0.2) is 22.2 Å². The summed E-state index contributed by atoms with van der Waals surface area (Å²) in [6.07, 6.45) is -1.72. The zero-order valence-electron chi connectivity index (χ0n) is 13.4. The Bertz CT molecular complexity index is 759. The average molecular weight is 360 g/mol. The topological polar surface area (TPSA) is 46.9 Å². The van der Waals surface area contributed by atoms with Crippen LogP contribution in [0, 0.1) is 6.92 Å². The molecule has 0 spiro atoms. The fourth-order valence-corrected chi connectivity index (χ4v) is 2.75. The van der Waals surface area contributed by atoms with E-state index in [1.165, 1.54) is 20.2 Å². The third-order valence-corrected chi connectivity index (χ3v) is 3.89. The number of aryl methyl sites for hydroxylation is 2. The SMILES string of the molecule is Cc1ccc(C(C)(F)CNC(=O)c2cn(C)nc2C(F)F)c(Cl)c1. The summed E-state index contributed by atoms with van der Waals surface area (Å²) in [5, 5.41) is 6.12. The summed E-state index contributed by atoms with van der Waals surface area (Å²) >= 11 is 6.05. The molecule has 1 unspecified atom stereocenters. The fraction of sp³-hybridized carbons (Fsp3) is 0.375. The number of aromatic nitrogens is 2. The number of benzene rings is 1. The first-order chi connectivity index (χ1) is 11.1. The van der Waals surface area contributed by atoms with Crippen molar-refractivity contribution in [1.29, 1.82) is 0 Å². The van der Waals surface area contributed by atoms with Gasteiger partial charge in [-0.1, -0.05) is 23.7 Å². The Hall–Kier alpha value is -2.02. The van der Waals surface area contributed by atoms with E-state index in [9.17, 15) is 18.0 Å². The lowest BCUT2D eigenvalue weighted by Crippen LogP contribution is -2.36. The molecule has 0 aliphatic carbocycles. The molecule has 0 radical (unpaired) electrons. The van der Waals surface area contributed by atoms with E-state index in [0.29, 0.717) is 0 Å². The van der Waals surface area contributed by atoms with Gasteiger partial charge in [0.15, 0.2) is 5.67 Å². The smallest absolute Gasteiger partial charge is 0.282 e. The van der Waals surface area contributed by atoms with Crippen LogP contribution in [0.1, 0.15) is 40.5 Å². The van der Waals surface area contributed by atoms with Crippen LogP contribution >= 0.6 is 11.6 Å². The quantitative estimate of drug-likeness (QED) is 0.879. The summed E-state index contributed by atoms with van der Waals surface area (Å²) in [6.45, 7) is 2.68. The highest BCUT2D eigenvalue weighted by molar-refractivity contribution is 6.31. The highest BCUT2D eigenvalue weighted by Crippen LogP contribution is 2.32. The van der Waals surface area contributed by atoms with Crippen LogP contribution < -0.4 is 5.32 Å². The van der Waals surface area contributed by atoms with Gasteiger partial charge in [-0.05, 0) is 25.5 Å². The van der Waals surface area contributed by atoms with Crippen LogP contribution in [0.25, 0.3) is 0 Å². The van der Waals surface area contributed by atoms with Gasteiger partial charge in [-0.25, -0.2) is 13.2 Å². The van der Waals surface area contributed by atoms with Gasteiger partial charge in [-0.2, -0.15) is 5.10 Å². The van der Waals surface area contributed by atoms with Gasteiger partial charge in [0, 0.05) is 23.8 Å². The lowest BCUT2D eigenvalue weighted by atomic mass is 9.96. The Morgan fingerprint density at radius 2 is 2.12 bits per heavy atom. The molecular weight excluding hydrogens is 343 g/mol. The van der Waals surface area contributed by atoms with Crippen molar-refractivity contribution in [2.24, 2.45) is 7.05 Å². The molecule has 2 aromatic rings. The van der Waals surface area contributed by atoms with E-state index in [-0.39, 0.29) is 16.1 Å². The van der Waals surface area contributed by atoms with Crippen molar-refractivity contribution in [3.63, 3.8) is 0 Å². The van der Waals surface area contributed by atoms with Gasteiger partial charge in [0.05, 0.1) is 12.1 Å². The van der Waals surface area contributed by atoms with Crippen LogP contribution in [0.3, 0.4) is 0 Å². The van der Waals surface area contributed by atoms with Gasteiger partial charge in [0.1, 0.15) is 5.69 Å². The van der Waals surface area contributed by atoms with Gasteiger partial charge in [-0.15, -0.1) is 0 Å². The highest BCUT2D eigenvalue weighted by Gasteiger charge is 2.30. The Kier molecular flexibility index (Phi) is 5.22. The standard InChI is InChI=1S/C16H17ClF3N3O/c1-9-4-5-11(12(17)6-9)16(2,20)8-21-15(24)10-7-23(3)22-13(10)14(18)19/h4-7,14H,8H2,1-3H3,(H,21,24). The van der Waals surface area contributed by atoms with E-state index in [1.807, 2.05) is 6.92 Å². The van der Waals surface area contributed by atoms with Crippen LogP contribution in [0.5, 0.6) is 0 Å². The zero-order chi connectivity index (χ0) is 18.1. The second-order valence-electron chi connectivity index (χ2n) is 5.77. The van der Waals surface area contributed by atoms with Crippen molar-refractivity contribution in [1.82, 2.24) is 15.1 Å². The van der Waals surface area contributed by atoms with E-state index < -0.39 is 30.2 Å². The first-order valence-corrected chi connectivity index (χ1v) is 7.55. The number of rotatable bonds is 5. The number of nitrogens with zero attached hydrogens (tertiary/aromatic N) is 2. The third-order valence-electron chi connectivity index (χ3n) is 3.58. The molecule has 4 nitrogen and oxygen atoms in total. The van der Waals surface area contributed by atoms with Crippen molar-refractivity contribution in [2.45, 2.75) is 25.9 Å². The number of hydrogen-bond donors (Lipinski definition) is 1. The van der Waals surface area contributed by atoms with Crippen molar-refractivity contribution < 1.29 is 18.0 Å². The molecule has 130 valence electrons. The van der Waals surface area contributed by atoms with Crippen LogP contribution in [0.15, 0.2) is 24.4 Å². The number of carbonyl (C=O) groups excluding carboxylic acids is 1. The minimum Gasteiger partial charge on any atom is -0.348 e. The van der Waals surface area contributed by atoms with Crippen molar-refractivity contribution in [2.75, 3.05) is 6.54 Å². The zero-order valence-corrected chi connectivity index (χ0v) is 14.2. The molecular formula is C16H17ClF3N3O. The molecule has 2 rings (SSSR count). The molecule has 1 heterocycles. The van der Waals surface area contributed by atoms with E-state index in [1.54, 1.807) is 18.2 Å². The minimum absolute atomic E-state index is 0.218. The lowest BCUT2D eigenvalue weighted by Gasteiger charge is -2.23. The van der Waals surface area contributed by atoms with E-state index in [4.69, 9.17) is 11.6 Å². The maximum atomic E-state index is 14.9. The Morgan fingerprint density at radius 3 is 2.71 bits per heavy atom. The van der Waals surface area contributed by atoms with Gasteiger partial charge in [0.25, 0.3) is 12.3 Å². The number of alkyl halides is 3. The number of amides is 1. The summed E-state index contributed by atoms with van der Waals surface area (Å²) in [5.41, 5.74) is -1.77. The van der Waals surface area contributed by atoms with Crippen LogP contribution in [0.2, 0.25) is 5.02 Å². The van der Waals surface area contributed by atoms with Gasteiger partial charge < -0.3 is 5.32 Å². The second kappa shape index (κ2) is 6.84. The fourth-order valence-electron chi connectivity index (χ4n) is 2.32. The number of hydrogen-bond acceptors (Lipinski definition) is 2. The largest absolute Gasteiger partial charge is 0.348 e. The van der Waals surface area contributed by atoms with Gasteiger partial charge in [-0.3, -0.25) is 9.48 Å². The number of carbonyl (C=O) groups is 1. The molecule has 0 fully saturated rings. The average Bonchev–Trinajstić information content (AvgIpc) is 2.87. The molecule has 1 aromatic carbocycles. The molecule has 8 heteroatoms. The minimum atomic E-state index is -2.89. The molecule has 1 aromatic heterocycles. The maximum absolute atomic E-state index is 14.9. The molecule has 0 saturated heterocycles. The molecule has 1 N–H and O–H groups in total. The summed E-state index contributed by atoms with van der Waals surface area (Å²) in [5.74, 6) is -0.814. The summed E-state index contributed by atoms with van der Waals surface area (Å²) in [6, 6.07) is 4.86. The van der Waals surface area contributed by atoms with Crippen LogP contribution in [0.4, 0.5) is 13.2 Å². The molecule has 1 atom stereocenters. The van der Waals surface area contributed by atoms with Crippen LogP contribution in [-0.2, 0) is 12.7 Å². The third kappa shape index (κ3) is 3.90. The summed E-state index contributed by atoms with van der Waals surface area (Å²) < 4.78 is 41.8. The highest BCUT2D eigenvalue weighted by atomic mass is 35.5. The molecule has 24 heavy (non-hydrogen) atoms. The van der Waals surface area contributed by atoms with E-state index in [0.717, 1.165) is 10.2 Å². The lowest BCUT2D eigenvalue weighted by molar-refractivity contribution is 0.0897. The molecule has 1 amide bonds. The maximum Gasteiger partial charge on any atom is 0.282 e. The first kappa shape index (κ1) is 18.3. The molecule has 0 saturated carbocycles. The van der Waals surface area contributed by atoms with Crippen molar-refractivity contribution in [3.05, 3.63) is 51.8 Å². The van der Waals surface area contributed by atoms with E-state index >= 15 is 0 Å². The molecule has 0 bridgehead atoms. The Morgan fingerprint density at radius 1 is 1.46 bits per heavy atom. The predicted molar refractivity (Wildman–Crippen MR) is 85.1 cm³/mol. The normalized spacial score (nSPS) is 13.8. The second-order valence-corrected chi connectivity index (χ2v) is 6.17. The number of halogens is 4. The molecule has 0 aliphatic rings. The Labute approximate surface area is 142 Å². The predicted octanol–water partition coefficient (Wildman–Crippen LogP) is 3.93. The monoisotopic (exact) mass is 359 g/mol. The van der Waals surface area contributed by atoms with Gasteiger partial charge >= 0.3 is 0 Å². The van der Waals surface area contributed by atoms with Crippen molar-refractivity contribution >= 4 is 17.5 Å². The van der Waals surface area contributed by atoms with Crippen molar-refractivity contribution in [3.8, 4) is 0 Å². The van der Waals surface area contributed by atoms with Gasteiger partial charge in [0.2, 0.25) is 0 Å². The molecule has 0 aliphatic heterocycles.